The molecule has 1 N–H and O–H groups in total. The number of hydrogen-bond acceptors (Lipinski definition) is 6. The van der Waals surface area contributed by atoms with Crippen molar-refractivity contribution in [2.75, 3.05) is 5.75 Å². The van der Waals surface area contributed by atoms with Gasteiger partial charge in [-0.25, -0.2) is 10.4 Å². The van der Waals surface area contributed by atoms with E-state index in [2.05, 4.69) is 25.7 Å². The van der Waals surface area contributed by atoms with Gasteiger partial charge in [-0.15, -0.1) is 10.2 Å². The summed E-state index contributed by atoms with van der Waals surface area (Å²) in [6.45, 7) is 0. The van der Waals surface area contributed by atoms with Gasteiger partial charge in [-0.05, 0) is 24.3 Å². The van der Waals surface area contributed by atoms with E-state index in [4.69, 9.17) is 11.6 Å². The average Bonchev–Trinajstić information content (AvgIpc) is 3.33. The third-order valence-electron chi connectivity index (χ3n) is 5.11. The van der Waals surface area contributed by atoms with Gasteiger partial charge >= 0.3 is 0 Å². The normalized spacial score (nSPS) is 11.2. The van der Waals surface area contributed by atoms with E-state index in [1.807, 2.05) is 95.6 Å². The lowest BCUT2D eigenvalue weighted by molar-refractivity contribution is -0.118. The van der Waals surface area contributed by atoms with Crippen LogP contribution in [0.25, 0.3) is 28.0 Å². The van der Waals surface area contributed by atoms with Crippen molar-refractivity contribution < 1.29 is 4.79 Å². The Bertz CT molecular complexity index is 1500. The van der Waals surface area contributed by atoms with Crippen LogP contribution in [-0.2, 0) is 4.79 Å². The Labute approximate surface area is 210 Å². The summed E-state index contributed by atoms with van der Waals surface area (Å²) in [4.78, 5) is 16.8. The van der Waals surface area contributed by atoms with Gasteiger partial charge in [0, 0.05) is 22.2 Å². The Balaban J connectivity index is 1.30. The average molecular weight is 499 g/mol. The van der Waals surface area contributed by atoms with E-state index in [9.17, 15) is 4.79 Å². The lowest BCUT2D eigenvalue weighted by atomic mass is 10.2. The molecular formula is C26H19ClN6OS. The fourth-order valence-electron chi connectivity index (χ4n) is 3.48. The van der Waals surface area contributed by atoms with Crippen molar-refractivity contribution in [2.45, 2.75) is 5.16 Å². The van der Waals surface area contributed by atoms with Crippen molar-refractivity contribution in [3.8, 4) is 17.1 Å². The van der Waals surface area contributed by atoms with Crippen molar-refractivity contribution in [1.82, 2.24) is 25.2 Å². The fraction of sp³-hybridized carbons (Fsp3) is 0.0385. The van der Waals surface area contributed by atoms with Gasteiger partial charge in [0.1, 0.15) is 5.15 Å². The first-order valence-corrected chi connectivity index (χ1v) is 12.1. The smallest absolute Gasteiger partial charge is 0.250 e. The number of para-hydroxylation sites is 2. The molecule has 1 amide bonds. The molecule has 0 atom stereocenters. The van der Waals surface area contributed by atoms with Crippen LogP contribution in [0.1, 0.15) is 5.56 Å². The molecule has 9 heteroatoms. The second-order valence-electron chi connectivity index (χ2n) is 7.49. The maximum atomic E-state index is 12.5. The van der Waals surface area contributed by atoms with Crippen LogP contribution < -0.4 is 5.43 Å². The van der Waals surface area contributed by atoms with Crippen molar-refractivity contribution in [1.29, 1.82) is 0 Å². The third kappa shape index (κ3) is 5.24. The van der Waals surface area contributed by atoms with E-state index in [1.165, 1.54) is 18.0 Å². The molecule has 0 saturated carbocycles. The largest absolute Gasteiger partial charge is 0.272 e. The van der Waals surface area contributed by atoms with Crippen LogP contribution >= 0.6 is 23.4 Å². The highest BCUT2D eigenvalue weighted by atomic mass is 35.5. The number of halogens is 1. The topological polar surface area (TPSA) is 85.1 Å². The summed E-state index contributed by atoms with van der Waals surface area (Å²) >= 11 is 7.53. The van der Waals surface area contributed by atoms with E-state index in [-0.39, 0.29) is 11.7 Å². The van der Waals surface area contributed by atoms with Crippen LogP contribution in [-0.4, -0.2) is 37.6 Å². The Morgan fingerprint density at radius 2 is 1.69 bits per heavy atom. The molecule has 172 valence electrons. The highest BCUT2D eigenvalue weighted by Gasteiger charge is 2.17. The number of hydrogen-bond donors (Lipinski definition) is 1. The number of nitrogens with one attached hydrogen (secondary N) is 1. The molecule has 0 unspecified atom stereocenters. The zero-order chi connectivity index (χ0) is 24.0. The predicted octanol–water partition coefficient (Wildman–Crippen LogP) is 5.38. The number of benzene rings is 3. The molecule has 0 bridgehead atoms. The zero-order valence-electron chi connectivity index (χ0n) is 18.4. The summed E-state index contributed by atoms with van der Waals surface area (Å²) in [6.07, 6.45) is 1.49. The molecule has 2 heterocycles. The molecule has 5 rings (SSSR count). The van der Waals surface area contributed by atoms with Crippen LogP contribution in [0.3, 0.4) is 0 Å². The Kier molecular flexibility index (Phi) is 6.83. The monoisotopic (exact) mass is 498 g/mol. The van der Waals surface area contributed by atoms with Crippen LogP contribution in [0.5, 0.6) is 0 Å². The Hall–Kier alpha value is -4.01. The van der Waals surface area contributed by atoms with Crippen molar-refractivity contribution >= 4 is 46.4 Å². The maximum absolute atomic E-state index is 12.5. The first-order valence-electron chi connectivity index (χ1n) is 10.8. The van der Waals surface area contributed by atoms with Crippen molar-refractivity contribution in [3.05, 3.63) is 102 Å². The maximum Gasteiger partial charge on any atom is 0.250 e. The summed E-state index contributed by atoms with van der Waals surface area (Å²) in [5, 5.41) is 14.6. The number of amides is 1. The highest BCUT2D eigenvalue weighted by Crippen LogP contribution is 2.27. The van der Waals surface area contributed by atoms with Gasteiger partial charge in [-0.1, -0.05) is 90.1 Å². The summed E-state index contributed by atoms with van der Waals surface area (Å²) in [5.74, 6) is 0.539. The summed E-state index contributed by atoms with van der Waals surface area (Å²) < 4.78 is 1.94. The van der Waals surface area contributed by atoms with Gasteiger partial charge in [0.2, 0.25) is 0 Å². The Morgan fingerprint density at radius 1 is 0.971 bits per heavy atom. The van der Waals surface area contributed by atoms with E-state index < -0.39 is 0 Å². The Morgan fingerprint density at radius 3 is 2.49 bits per heavy atom. The second-order valence-corrected chi connectivity index (χ2v) is 8.79. The molecule has 0 aliphatic heterocycles. The number of aromatic nitrogens is 4. The van der Waals surface area contributed by atoms with Crippen LogP contribution in [0.15, 0.2) is 101 Å². The van der Waals surface area contributed by atoms with Gasteiger partial charge in [-0.3, -0.25) is 9.36 Å². The molecule has 0 fully saturated rings. The quantitative estimate of drug-likeness (QED) is 0.141. The predicted molar refractivity (Wildman–Crippen MR) is 140 cm³/mol. The third-order valence-corrected chi connectivity index (χ3v) is 6.34. The van der Waals surface area contributed by atoms with Gasteiger partial charge in [-0.2, -0.15) is 5.10 Å². The molecule has 0 aliphatic carbocycles. The second kappa shape index (κ2) is 10.5. The van der Waals surface area contributed by atoms with Gasteiger partial charge in [0.05, 0.1) is 17.5 Å². The highest BCUT2D eigenvalue weighted by molar-refractivity contribution is 7.99. The molecule has 0 radical (unpaired) electrons. The van der Waals surface area contributed by atoms with Crippen LogP contribution in [0, 0.1) is 0 Å². The van der Waals surface area contributed by atoms with Crippen LogP contribution in [0.4, 0.5) is 0 Å². The molecule has 0 aliphatic rings. The number of carbonyl (C=O) groups excluding carboxylic acids is 1. The minimum atomic E-state index is -0.278. The first kappa shape index (κ1) is 22.8. The molecule has 2 aromatic heterocycles. The van der Waals surface area contributed by atoms with Gasteiger partial charge < -0.3 is 0 Å². The summed E-state index contributed by atoms with van der Waals surface area (Å²) in [7, 11) is 0. The summed E-state index contributed by atoms with van der Waals surface area (Å²) in [5.41, 5.74) is 5.81. The first-order chi connectivity index (χ1) is 17.2. The number of thioether (sulfide) groups is 1. The SMILES string of the molecule is O=C(CSc1nnc(-c2ccccc2)n1-c1ccccc1)N/N=C/c1cc2ccccc2nc1Cl. The number of hydrazone groups is 1. The standard InChI is InChI=1S/C26H19ClN6OS/c27-24-20(15-19-11-7-8-14-22(19)29-24)16-28-30-23(34)17-35-26-32-31-25(18-9-3-1-4-10-18)33(26)21-12-5-2-6-13-21/h1-16H,17H2,(H,30,34)/b28-16+. The summed E-state index contributed by atoms with van der Waals surface area (Å²) in [6, 6.07) is 29.2. The lowest BCUT2D eigenvalue weighted by Gasteiger charge is -2.10. The molecule has 3 aromatic carbocycles. The number of rotatable bonds is 7. The zero-order valence-corrected chi connectivity index (χ0v) is 19.9. The van der Waals surface area contributed by atoms with Crippen molar-refractivity contribution in [3.63, 3.8) is 0 Å². The van der Waals surface area contributed by atoms with Crippen molar-refractivity contribution in [2.24, 2.45) is 5.10 Å². The van der Waals surface area contributed by atoms with E-state index >= 15 is 0 Å². The molecule has 7 nitrogen and oxygen atoms in total. The number of fused-ring (bicyclic) bond motifs is 1. The minimum Gasteiger partial charge on any atom is -0.272 e. The van der Waals surface area contributed by atoms with Gasteiger partial charge in [0.15, 0.2) is 11.0 Å². The minimum absolute atomic E-state index is 0.112. The van der Waals surface area contributed by atoms with Crippen LogP contribution in [0.2, 0.25) is 5.15 Å². The van der Waals surface area contributed by atoms with E-state index in [0.717, 1.165) is 22.2 Å². The van der Waals surface area contributed by atoms with Gasteiger partial charge in [0.25, 0.3) is 5.91 Å². The number of pyridine rings is 1. The lowest BCUT2D eigenvalue weighted by Crippen LogP contribution is -2.20. The molecular weight excluding hydrogens is 480 g/mol. The molecule has 0 saturated heterocycles. The molecule has 5 aromatic rings. The fourth-order valence-corrected chi connectivity index (χ4v) is 4.42. The molecule has 35 heavy (non-hydrogen) atoms. The number of nitrogens with zero attached hydrogens (tertiary/aromatic N) is 5. The van der Waals surface area contributed by atoms with E-state index in [1.54, 1.807) is 0 Å². The molecule has 0 spiro atoms. The number of carbonyl (C=O) groups is 1. The van der Waals surface area contributed by atoms with E-state index in [0.29, 0.717) is 21.7 Å².